The first kappa shape index (κ1) is 16.7. The summed E-state index contributed by atoms with van der Waals surface area (Å²) >= 11 is 0. The molecule has 0 radical (unpaired) electrons. The van der Waals surface area contributed by atoms with Crippen molar-refractivity contribution in [2.45, 2.75) is 18.9 Å². The molecular formula is C18H20N2O3. The maximum absolute atomic E-state index is 12.1. The number of aliphatic hydroxyl groups is 1. The number of nitrogens with one attached hydrogen (secondary N) is 1. The van der Waals surface area contributed by atoms with Crippen LogP contribution in [0, 0.1) is 0 Å². The molecule has 0 bridgehead atoms. The topological polar surface area (TPSA) is 82.5 Å². The summed E-state index contributed by atoms with van der Waals surface area (Å²) in [7, 11) is 0. The molecule has 23 heavy (non-hydrogen) atoms. The van der Waals surface area contributed by atoms with Gasteiger partial charge < -0.3 is 15.5 Å². The predicted molar refractivity (Wildman–Crippen MR) is 88.6 cm³/mol. The molecule has 2 aromatic rings. The van der Waals surface area contributed by atoms with Gasteiger partial charge in [0.1, 0.15) is 5.75 Å². The number of rotatable bonds is 7. The molecular weight excluding hydrogens is 292 g/mol. The van der Waals surface area contributed by atoms with Crippen molar-refractivity contribution < 1.29 is 15.0 Å². The van der Waals surface area contributed by atoms with E-state index in [0.717, 1.165) is 5.56 Å². The van der Waals surface area contributed by atoms with E-state index in [1.165, 1.54) is 18.3 Å². The summed E-state index contributed by atoms with van der Waals surface area (Å²) in [6, 6.07) is 11.0. The maximum Gasteiger partial charge on any atom is 0.244 e. The molecule has 2 rings (SSSR count). The van der Waals surface area contributed by atoms with Crippen LogP contribution >= 0.6 is 0 Å². The van der Waals surface area contributed by atoms with Crippen LogP contribution in [0.15, 0.2) is 54.9 Å². The highest BCUT2D eigenvalue weighted by molar-refractivity contribution is 5.92. The molecule has 1 aromatic heterocycles. The number of carbonyl (C=O) groups excluding carboxylic acids is 1. The summed E-state index contributed by atoms with van der Waals surface area (Å²) in [4.78, 5) is 16.0. The van der Waals surface area contributed by atoms with Crippen LogP contribution in [0.2, 0.25) is 0 Å². The molecule has 120 valence electrons. The molecule has 0 aliphatic carbocycles. The van der Waals surface area contributed by atoms with Gasteiger partial charge in [-0.15, -0.1) is 0 Å². The molecule has 3 N–H and O–H groups in total. The van der Waals surface area contributed by atoms with Crippen LogP contribution in [0.25, 0.3) is 6.08 Å². The van der Waals surface area contributed by atoms with Crippen molar-refractivity contribution in [1.29, 1.82) is 0 Å². The zero-order valence-corrected chi connectivity index (χ0v) is 12.7. The average molecular weight is 312 g/mol. The zero-order chi connectivity index (χ0) is 16.5. The fraction of sp³-hybridized carbons (Fsp3) is 0.222. The second kappa shape index (κ2) is 8.70. The number of aromatic nitrogens is 1. The van der Waals surface area contributed by atoms with Gasteiger partial charge in [-0.1, -0.05) is 30.3 Å². The van der Waals surface area contributed by atoms with E-state index in [2.05, 4.69) is 10.3 Å². The summed E-state index contributed by atoms with van der Waals surface area (Å²) in [6.45, 7) is 0.0873. The number of hydrogen-bond donors (Lipinski definition) is 3. The SMILES string of the molecule is O=C(/C=C/c1cncc(O)c1)NC(CCCO)c1ccccc1. The number of hydrogen-bond acceptors (Lipinski definition) is 4. The second-order valence-corrected chi connectivity index (χ2v) is 5.15. The fourth-order valence-corrected chi connectivity index (χ4v) is 2.23. The molecule has 0 aliphatic heterocycles. The Hall–Kier alpha value is -2.66. The molecule has 0 saturated heterocycles. The fourth-order valence-electron chi connectivity index (χ4n) is 2.23. The number of amides is 1. The third-order valence-electron chi connectivity index (χ3n) is 3.34. The minimum absolute atomic E-state index is 0.0534. The van der Waals surface area contributed by atoms with Crippen LogP contribution in [0.4, 0.5) is 0 Å². The van der Waals surface area contributed by atoms with E-state index in [1.54, 1.807) is 12.3 Å². The van der Waals surface area contributed by atoms with Crippen molar-refractivity contribution in [3.63, 3.8) is 0 Å². The average Bonchev–Trinajstić information content (AvgIpc) is 2.57. The normalized spacial score (nSPS) is 12.2. The number of benzene rings is 1. The highest BCUT2D eigenvalue weighted by atomic mass is 16.3. The van der Waals surface area contributed by atoms with Crippen molar-refractivity contribution in [3.8, 4) is 5.75 Å². The quantitative estimate of drug-likeness (QED) is 0.686. The van der Waals surface area contributed by atoms with E-state index in [4.69, 9.17) is 5.11 Å². The molecule has 5 heteroatoms. The van der Waals surface area contributed by atoms with E-state index in [0.29, 0.717) is 18.4 Å². The minimum atomic E-state index is -0.236. The smallest absolute Gasteiger partial charge is 0.244 e. The largest absolute Gasteiger partial charge is 0.506 e. The number of pyridine rings is 1. The highest BCUT2D eigenvalue weighted by Gasteiger charge is 2.12. The molecule has 1 atom stereocenters. The van der Waals surface area contributed by atoms with Gasteiger partial charge in [-0.25, -0.2) is 0 Å². The first-order chi connectivity index (χ1) is 11.2. The van der Waals surface area contributed by atoms with E-state index in [-0.39, 0.29) is 24.3 Å². The van der Waals surface area contributed by atoms with E-state index in [1.807, 2.05) is 30.3 Å². The van der Waals surface area contributed by atoms with Gasteiger partial charge in [-0.05, 0) is 36.1 Å². The molecule has 1 aromatic carbocycles. The Morgan fingerprint density at radius 2 is 2.04 bits per heavy atom. The molecule has 5 nitrogen and oxygen atoms in total. The van der Waals surface area contributed by atoms with Crippen molar-refractivity contribution >= 4 is 12.0 Å². The lowest BCUT2D eigenvalue weighted by atomic mass is 10.0. The first-order valence-corrected chi connectivity index (χ1v) is 7.47. The Balaban J connectivity index is 2.02. The van der Waals surface area contributed by atoms with E-state index < -0.39 is 0 Å². The summed E-state index contributed by atoms with van der Waals surface area (Å²) in [5.74, 6) is -0.183. The Morgan fingerprint density at radius 1 is 1.26 bits per heavy atom. The molecule has 0 spiro atoms. The van der Waals surface area contributed by atoms with Gasteiger partial charge in [0.2, 0.25) is 5.91 Å². The summed E-state index contributed by atoms with van der Waals surface area (Å²) < 4.78 is 0. The van der Waals surface area contributed by atoms with E-state index >= 15 is 0 Å². The van der Waals surface area contributed by atoms with Crippen LogP contribution in [-0.2, 0) is 4.79 Å². The van der Waals surface area contributed by atoms with Crippen LogP contribution in [0.3, 0.4) is 0 Å². The maximum atomic E-state index is 12.1. The van der Waals surface area contributed by atoms with Crippen molar-refractivity contribution in [2.75, 3.05) is 6.61 Å². The van der Waals surface area contributed by atoms with Gasteiger partial charge in [-0.2, -0.15) is 0 Å². The first-order valence-electron chi connectivity index (χ1n) is 7.47. The van der Waals surface area contributed by atoms with Gasteiger partial charge in [0.15, 0.2) is 0 Å². The van der Waals surface area contributed by atoms with Crippen LogP contribution < -0.4 is 5.32 Å². The predicted octanol–water partition coefficient (Wildman–Crippen LogP) is 2.43. The number of aliphatic hydroxyl groups excluding tert-OH is 1. The molecule has 1 amide bonds. The van der Waals surface area contributed by atoms with Crippen LogP contribution in [0.1, 0.15) is 30.0 Å². The zero-order valence-electron chi connectivity index (χ0n) is 12.7. The number of nitrogens with zero attached hydrogens (tertiary/aromatic N) is 1. The Kier molecular flexibility index (Phi) is 6.32. The van der Waals surface area contributed by atoms with Crippen molar-refractivity contribution in [3.05, 3.63) is 66.0 Å². The third kappa shape index (κ3) is 5.56. The lowest BCUT2D eigenvalue weighted by Gasteiger charge is -2.18. The third-order valence-corrected chi connectivity index (χ3v) is 3.34. The monoisotopic (exact) mass is 312 g/mol. The molecule has 1 unspecified atom stereocenters. The lowest BCUT2D eigenvalue weighted by molar-refractivity contribution is -0.117. The summed E-state index contributed by atoms with van der Waals surface area (Å²) in [5, 5.41) is 21.3. The standard InChI is InChI=1S/C18H20N2O3/c21-10-4-7-17(15-5-2-1-3-6-15)20-18(23)9-8-14-11-16(22)13-19-12-14/h1-3,5-6,8-9,11-13,17,21-22H,4,7,10H2,(H,20,23)/b9-8+. The molecule has 0 aliphatic rings. The number of carbonyl (C=O) groups is 1. The molecule has 0 fully saturated rings. The van der Waals surface area contributed by atoms with Crippen LogP contribution in [0.5, 0.6) is 5.75 Å². The van der Waals surface area contributed by atoms with Crippen LogP contribution in [-0.4, -0.2) is 27.7 Å². The second-order valence-electron chi connectivity index (χ2n) is 5.15. The van der Waals surface area contributed by atoms with Crippen molar-refractivity contribution in [2.24, 2.45) is 0 Å². The Morgan fingerprint density at radius 3 is 2.74 bits per heavy atom. The van der Waals surface area contributed by atoms with Gasteiger partial charge in [0, 0.05) is 18.9 Å². The molecule has 0 saturated carbocycles. The lowest BCUT2D eigenvalue weighted by Crippen LogP contribution is -2.27. The van der Waals surface area contributed by atoms with E-state index in [9.17, 15) is 9.90 Å². The van der Waals surface area contributed by atoms with Gasteiger partial charge >= 0.3 is 0 Å². The van der Waals surface area contributed by atoms with Gasteiger partial charge in [-0.3, -0.25) is 9.78 Å². The molecule has 1 heterocycles. The van der Waals surface area contributed by atoms with Gasteiger partial charge in [0.05, 0.1) is 12.2 Å². The highest BCUT2D eigenvalue weighted by Crippen LogP contribution is 2.18. The summed E-state index contributed by atoms with van der Waals surface area (Å²) in [6.07, 6.45) is 7.16. The Labute approximate surface area is 135 Å². The van der Waals surface area contributed by atoms with Crippen molar-refractivity contribution in [1.82, 2.24) is 10.3 Å². The minimum Gasteiger partial charge on any atom is -0.506 e. The Bertz CT molecular complexity index is 656. The summed E-state index contributed by atoms with van der Waals surface area (Å²) in [5.41, 5.74) is 1.65. The van der Waals surface area contributed by atoms with Gasteiger partial charge in [0.25, 0.3) is 0 Å². The number of aromatic hydroxyl groups is 1.